The third-order valence-corrected chi connectivity index (χ3v) is 2.68. The molecule has 1 aromatic carbocycles. The van der Waals surface area contributed by atoms with Gasteiger partial charge in [-0.25, -0.2) is 0 Å². The first-order valence-corrected chi connectivity index (χ1v) is 6.04. The predicted molar refractivity (Wildman–Crippen MR) is 71.9 cm³/mol. The van der Waals surface area contributed by atoms with Gasteiger partial charge in [0.25, 0.3) is 0 Å². The molecule has 2 aromatic rings. The zero-order chi connectivity index (χ0) is 12.3. The van der Waals surface area contributed by atoms with Gasteiger partial charge in [-0.1, -0.05) is 22.0 Å². The molecule has 1 heterocycles. The summed E-state index contributed by atoms with van der Waals surface area (Å²) in [7, 11) is 0. The van der Waals surface area contributed by atoms with Crippen molar-refractivity contribution in [2.45, 2.75) is 13.5 Å². The van der Waals surface area contributed by atoms with Gasteiger partial charge < -0.3 is 10.5 Å². The van der Waals surface area contributed by atoms with Gasteiger partial charge in [-0.3, -0.25) is 4.98 Å². The summed E-state index contributed by atoms with van der Waals surface area (Å²) in [6, 6.07) is 11.4. The standard InChI is InChI=1S/C13H13BrN2O/c1-9-3-2-4-12(16-9)8-17-13-6-10(14)5-11(15)7-13/h2-7H,8,15H2,1H3. The maximum atomic E-state index is 5.73. The van der Waals surface area contributed by atoms with E-state index >= 15 is 0 Å². The molecule has 1 aromatic heterocycles. The van der Waals surface area contributed by atoms with Crippen LogP contribution in [0.25, 0.3) is 0 Å². The molecule has 4 heteroatoms. The maximum absolute atomic E-state index is 5.73. The summed E-state index contributed by atoms with van der Waals surface area (Å²) in [4.78, 5) is 4.37. The lowest BCUT2D eigenvalue weighted by Gasteiger charge is -2.07. The SMILES string of the molecule is Cc1cccc(COc2cc(N)cc(Br)c2)n1. The van der Waals surface area contributed by atoms with E-state index in [2.05, 4.69) is 20.9 Å². The lowest BCUT2D eigenvalue weighted by atomic mass is 10.3. The van der Waals surface area contributed by atoms with Gasteiger partial charge in [0.2, 0.25) is 0 Å². The first-order chi connectivity index (χ1) is 8.13. The Morgan fingerprint density at radius 2 is 2.12 bits per heavy atom. The first-order valence-electron chi connectivity index (χ1n) is 5.25. The van der Waals surface area contributed by atoms with Crippen molar-refractivity contribution in [2.24, 2.45) is 0 Å². The molecule has 0 aliphatic heterocycles. The summed E-state index contributed by atoms with van der Waals surface area (Å²) in [5, 5.41) is 0. The topological polar surface area (TPSA) is 48.1 Å². The Balaban J connectivity index is 2.07. The number of pyridine rings is 1. The number of ether oxygens (including phenoxy) is 1. The molecular weight excluding hydrogens is 280 g/mol. The van der Waals surface area contributed by atoms with Crippen molar-refractivity contribution in [3.63, 3.8) is 0 Å². The van der Waals surface area contributed by atoms with E-state index in [1.54, 1.807) is 6.07 Å². The quantitative estimate of drug-likeness (QED) is 0.883. The minimum absolute atomic E-state index is 0.442. The molecule has 0 radical (unpaired) electrons. The molecule has 0 unspecified atom stereocenters. The highest BCUT2D eigenvalue weighted by molar-refractivity contribution is 9.10. The Bertz CT molecular complexity index is 508. The Labute approximate surface area is 109 Å². The number of hydrogen-bond donors (Lipinski definition) is 1. The smallest absolute Gasteiger partial charge is 0.130 e. The van der Waals surface area contributed by atoms with Gasteiger partial charge in [0.15, 0.2) is 0 Å². The molecule has 0 fully saturated rings. The zero-order valence-electron chi connectivity index (χ0n) is 9.48. The second-order valence-electron chi connectivity index (χ2n) is 3.78. The molecule has 88 valence electrons. The number of benzene rings is 1. The summed E-state index contributed by atoms with van der Waals surface area (Å²) >= 11 is 3.38. The third kappa shape index (κ3) is 3.46. The Morgan fingerprint density at radius 3 is 2.82 bits per heavy atom. The van der Waals surface area contributed by atoms with Crippen molar-refractivity contribution in [1.29, 1.82) is 0 Å². The van der Waals surface area contributed by atoms with Crippen LogP contribution in [0.3, 0.4) is 0 Å². The Hall–Kier alpha value is -1.55. The third-order valence-electron chi connectivity index (χ3n) is 2.23. The number of aromatic nitrogens is 1. The minimum atomic E-state index is 0.442. The van der Waals surface area contributed by atoms with Crippen molar-refractivity contribution < 1.29 is 4.74 Å². The lowest BCUT2D eigenvalue weighted by molar-refractivity contribution is 0.301. The highest BCUT2D eigenvalue weighted by Crippen LogP contribution is 2.23. The first kappa shape index (κ1) is 11.9. The van der Waals surface area contributed by atoms with E-state index in [-0.39, 0.29) is 0 Å². The molecule has 2 rings (SSSR count). The van der Waals surface area contributed by atoms with Gasteiger partial charge in [-0.15, -0.1) is 0 Å². The van der Waals surface area contributed by atoms with E-state index in [0.717, 1.165) is 21.6 Å². The number of halogens is 1. The van der Waals surface area contributed by atoms with Crippen molar-refractivity contribution in [2.75, 3.05) is 5.73 Å². The number of nitrogens with two attached hydrogens (primary N) is 1. The average molecular weight is 293 g/mol. The summed E-state index contributed by atoms with van der Waals surface area (Å²) in [5.74, 6) is 0.736. The number of rotatable bonds is 3. The highest BCUT2D eigenvalue weighted by Gasteiger charge is 2.00. The van der Waals surface area contributed by atoms with E-state index in [1.807, 2.05) is 37.3 Å². The van der Waals surface area contributed by atoms with Crippen LogP contribution in [0.1, 0.15) is 11.4 Å². The molecule has 17 heavy (non-hydrogen) atoms. The molecule has 0 saturated carbocycles. The monoisotopic (exact) mass is 292 g/mol. The van der Waals surface area contributed by atoms with Crippen LogP contribution in [0.5, 0.6) is 5.75 Å². The summed E-state index contributed by atoms with van der Waals surface area (Å²) in [6.07, 6.45) is 0. The largest absolute Gasteiger partial charge is 0.487 e. The van der Waals surface area contributed by atoms with Crippen LogP contribution < -0.4 is 10.5 Å². The Kier molecular flexibility index (Phi) is 3.64. The summed E-state index contributed by atoms with van der Waals surface area (Å²) in [6.45, 7) is 2.40. The van der Waals surface area contributed by atoms with Crippen LogP contribution in [0.4, 0.5) is 5.69 Å². The van der Waals surface area contributed by atoms with Crippen LogP contribution in [0.2, 0.25) is 0 Å². The summed E-state index contributed by atoms with van der Waals surface area (Å²) in [5.41, 5.74) is 8.29. The van der Waals surface area contributed by atoms with E-state index < -0.39 is 0 Å². The number of nitrogen functional groups attached to an aromatic ring is 1. The molecule has 2 N–H and O–H groups in total. The number of nitrogens with zero attached hydrogens (tertiary/aromatic N) is 1. The fraction of sp³-hybridized carbons (Fsp3) is 0.154. The van der Waals surface area contributed by atoms with Crippen LogP contribution in [-0.4, -0.2) is 4.98 Å². The van der Waals surface area contributed by atoms with Gasteiger partial charge >= 0.3 is 0 Å². The molecule has 0 saturated heterocycles. The van der Waals surface area contributed by atoms with E-state index in [1.165, 1.54) is 0 Å². The number of aryl methyl sites for hydroxylation is 1. The number of anilines is 1. The normalized spacial score (nSPS) is 10.2. The van der Waals surface area contributed by atoms with Gasteiger partial charge in [-0.2, -0.15) is 0 Å². The second-order valence-corrected chi connectivity index (χ2v) is 4.69. The maximum Gasteiger partial charge on any atom is 0.130 e. The average Bonchev–Trinajstić information content (AvgIpc) is 2.25. The minimum Gasteiger partial charge on any atom is -0.487 e. The van der Waals surface area contributed by atoms with Crippen LogP contribution in [0.15, 0.2) is 40.9 Å². The summed E-state index contributed by atoms with van der Waals surface area (Å²) < 4.78 is 6.54. The van der Waals surface area contributed by atoms with Crippen LogP contribution in [0, 0.1) is 6.92 Å². The molecule has 0 spiro atoms. The molecule has 0 aliphatic carbocycles. The second kappa shape index (κ2) is 5.19. The van der Waals surface area contributed by atoms with Crippen molar-refractivity contribution >= 4 is 21.6 Å². The molecule has 0 aliphatic rings. The van der Waals surface area contributed by atoms with E-state index in [0.29, 0.717) is 12.3 Å². The number of hydrogen-bond acceptors (Lipinski definition) is 3. The predicted octanol–water partition coefficient (Wildman–Crippen LogP) is 3.31. The van der Waals surface area contributed by atoms with E-state index in [9.17, 15) is 0 Å². The van der Waals surface area contributed by atoms with Crippen LogP contribution in [-0.2, 0) is 6.61 Å². The Morgan fingerprint density at radius 1 is 1.29 bits per heavy atom. The van der Waals surface area contributed by atoms with Crippen molar-refractivity contribution in [1.82, 2.24) is 4.98 Å². The molecule has 0 amide bonds. The van der Waals surface area contributed by atoms with Gasteiger partial charge in [0.05, 0.1) is 5.69 Å². The van der Waals surface area contributed by atoms with E-state index in [4.69, 9.17) is 10.5 Å². The van der Waals surface area contributed by atoms with Crippen LogP contribution >= 0.6 is 15.9 Å². The molecular formula is C13H13BrN2O. The lowest BCUT2D eigenvalue weighted by Crippen LogP contribution is -1.99. The fourth-order valence-corrected chi connectivity index (χ4v) is 1.99. The zero-order valence-corrected chi connectivity index (χ0v) is 11.1. The highest BCUT2D eigenvalue weighted by atomic mass is 79.9. The molecule has 0 bridgehead atoms. The fourth-order valence-electron chi connectivity index (χ4n) is 1.50. The van der Waals surface area contributed by atoms with Gasteiger partial charge in [0.1, 0.15) is 12.4 Å². The van der Waals surface area contributed by atoms with Gasteiger partial charge in [-0.05, 0) is 31.2 Å². The van der Waals surface area contributed by atoms with Gasteiger partial charge in [0, 0.05) is 21.9 Å². The molecule has 0 atom stereocenters. The van der Waals surface area contributed by atoms with Crippen molar-refractivity contribution in [3.8, 4) is 5.75 Å². The molecule has 3 nitrogen and oxygen atoms in total. The van der Waals surface area contributed by atoms with Crippen molar-refractivity contribution in [3.05, 3.63) is 52.3 Å².